The smallest absolute Gasteiger partial charge is 0.253 e. The normalized spacial score (nSPS) is 11.9. The molecule has 0 spiro atoms. The van der Waals surface area contributed by atoms with Crippen LogP contribution in [0, 0.1) is 0 Å². The number of nitrogens with zero attached hydrogens (tertiary/aromatic N) is 1. The first-order valence-electron chi connectivity index (χ1n) is 8.90. The van der Waals surface area contributed by atoms with Crippen molar-refractivity contribution in [2.24, 2.45) is 0 Å². The lowest BCUT2D eigenvalue weighted by molar-refractivity contribution is -0.129. The maximum atomic E-state index is 11.9. The van der Waals surface area contributed by atoms with Crippen LogP contribution >= 0.6 is 0 Å². The van der Waals surface area contributed by atoms with Gasteiger partial charge in [-0.3, -0.25) is 19.6 Å². The maximum Gasteiger partial charge on any atom is 0.253 e. The van der Waals surface area contributed by atoms with Crippen molar-refractivity contribution in [3.63, 3.8) is 0 Å². The lowest BCUT2D eigenvalue weighted by Gasteiger charge is -2.20. The fourth-order valence-corrected chi connectivity index (χ4v) is 2.75. The fraction of sp³-hybridized carbons (Fsp3) is 0.421. The third-order valence-electron chi connectivity index (χ3n) is 4.37. The summed E-state index contributed by atoms with van der Waals surface area (Å²) in [6.45, 7) is 1.92. The molecule has 8 heteroatoms. The van der Waals surface area contributed by atoms with Gasteiger partial charge in [0.15, 0.2) is 0 Å². The van der Waals surface area contributed by atoms with Gasteiger partial charge in [0, 0.05) is 37.9 Å². The van der Waals surface area contributed by atoms with Crippen LogP contribution in [0.1, 0.15) is 32.6 Å². The van der Waals surface area contributed by atoms with Gasteiger partial charge >= 0.3 is 0 Å². The van der Waals surface area contributed by atoms with Gasteiger partial charge in [-0.05, 0) is 44.0 Å². The van der Waals surface area contributed by atoms with Crippen LogP contribution in [0.4, 0.5) is 22.7 Å². The molecule has 0 aliphatic rings. The molecule has 4 N–H and O–H groups in total. The summed E-state index contributed by atoms with van der Waals surface area (Å²) >= 11 is 0. The Bertz CT molecular complexity index is 838. The quantitative estimate of drug-likeness (QED) is 0.218. The molecule has 1 atom stereocenters. The summed E-state index contributed by atoms with van der Waals surface area (Å²) < 4.78 is 0. The zero-order valence-electron chi connectivity index (χ0n) is 15.8. The molecule has 0 radical (unpaired) electrons. The Morgan fingerprint density at radius 3 is 2.30 bits per heavy atom. The summed E-state index contributed by atoms with van der Waals surface area (Å²) in [6, 6.07) is 7.53. The number of hydroxylamine groups is 1. The van der Waals surface area contributed by atoms with Gasteiger partial charge in [0.1, 0.15) is 11.4 Å². The molecule has 0 aliphatic heterocycles. The number of carbonyl (C=O) groups excluding carboxylic acids is 1. The fourth-order valence-electron chi connectivity index (χ4n) is 2.75. The van der Waals surface area contributed by atoms with Crippen molar-refractivity contribution < 1.29 is 10.0 Å². The first-order valence-corrected chi connectivity index (χ1v) is 8.90. The predicted molar refractivity (Wildman–Crippen MR) is 107 cm³/mol. The van der Waals surface area contributed by atoms with Gasteiger partial charge in [0.25, 0.3) is 10.9 Å². The zero-order valence-corrected chi connectivity index (χ0v) is 15.8. The van der Waals surface area contributed by atoms with E-state index in [1.54, 1.807) is 5.48 Å². The van der Waals surface area contributed by atoms with Crippen molar-refractivity contribution in [2.75, 3.05) is 29.6 Å². The summed E-state index contributed by atoms with van der Waals surface area (Å²) in [5, 5.41) is 14.6. The number of anilines is 4. The van der Waals surface area contributed by atoms with Crippen LogP contribution in [0.25, 0.3) is 0 Å². The molecule has 146 valence electrons. The number of unbranched alkanes of at least 4 members (excludes halogenated alkanes) is 1. The summed E-state index contributed by atoms with van der Waals surface area (Å²) in [6.07, 6.45) is 2.37. The molecule has 2 aromatic carbocycles. The molecule has 0 bridgehead atoms. The molecule has 0 unspecified atom stereocenters. The Kier molecular flexibility index (Phi) is 6.95. The standard InChI is InChI=1S/C19H26N4O4/c1-12(6-4-5-7-15(24)22-27)20-16-17(19(26)18(16)25)21-13-8-10-14(11-9-13)23(2)3/h8-12,20-21,27H,4-7H2,1-3H3,(H,22,24)/t12-/m0/s1. The van der Waals surface area contributed by atoms with E-state index >= 15 is 0 Å². The van der Waals surface area contributed by atoms with Gasteiger partial charge in [-0.2, -0.15) is 0 Å². The molecule has 0 saturated heterocycles. The third kappa shape index (κ3) is 5.30. The SMILES string of the molecule is C[C@@H](CCCCC(=O)NO)Nc1c(Nc2ccc(N(C)C)cc2)c(=O)c1=O. The number of amides is 1. The third-order valence-corrected chi connectivity index (χ3v) is 4.37. The second kappa shape index (κ2) is 9.18. The molecule has 8 nitrogen and oxygen atoms in total. The van der Waals surface area contributed by atoms with Crippen LogP contribution in [0.2, 0.25) is 0 Å². The van der Waals surface area contributed by atoms with Crippen LogP contribution in [-0.4, -0.2) is 31.3 Å². The van der Waals surface area contributed by atoms with Crippen molar-refractivity contribution in [2.45, 2.75) is 38.6 Å². The van der Waals surface area contributed by atoms with Crippen molar-refractivity contribution in [1.82, 2.24) is 5.48 Å². The number of carbonyl (C=O) groups is 1. The van der Waals surface area contributed by atoms with E-state index in [1.165, 1.54) is 0 Å². The van der Waals surface area contributed by atoms with Gasteiger partial charge < -0.3 is 15.5 Å². The second-order valence-corrected chi connectivity index (χ2v) is 6.80. The average Bonchev–Trinajstić information content (AvgIpc) is 2.67. The lowest BCUT2D eigenvalue weighted by atomic mass is 10.1. The van der Waals surface area contributed by atoms with E-state index in [9.17, 15) is 14.4 Å². The highest BCUT2D eigenvalue weighted by Crippen LogP contribution is 2.23. The minimum absolute atomic E-state index is 0.0258. The Hall–Kier alpha value is -2.87. The van der Waals surface area contributed by atoms with Crippen LogP contribution in [-0.2, 0) is 4.79 Å². The van der Waals surface area contributed by atoms with Gasteiger partial charge in [-0.15, -0.1) is 0 Å². The van der Waals surface area contributed by atoms with Gasteiger partial charge in [-0.25, -0.2) is 5.48 Å². The van der Waals surface area contributed by atoms with E-state index in [4.69, 9.17) is 5.21 Å². The predicted octanol–water partition coefficient (Wildman–Crippen LogP) is 1.96. The minimum Gasteiger partial charge on any atom is -0.378 e. The Morgan fingerprint density at radius 1 is 1.07 bits per heavy atom. The summed E-state index contributed by atoms with van der Waals surface area (Å²) in [4.78, 5) is 36.8. The second-order valence-electron chi connectivity index (χ2n) is 6.80. The number of hydrogen-bond acceptors (Lipinski definition) is 7. The summed E-state index contributed by atoms with van der Waals surface area (Å²) in [5.41, 5.74) is 2.91. The zero-order chi connectivity index (χ0) is 20.0. The molecule has 27 heavy (non-hydrogen) atoms. The van der Waals surface area contributed by atoms with Crippen molar-refractivity contribution in [3.05, 3.63) is 44.7 Å². The van der Waals surface area contributed by atoms with Gasteiger partial charge in [0.2, 0.25) is 5.91 Å². The van der Waals surface area contributed by atoms with Crippen molar-refractivity contribution >= 4 is 28.7 Å². The molecule has 2 rings (SSSR count). The van der Waals surface area contributed by atoms with E-state index in [0.29, 0.717) is 12.1 Å². The molecular formula is C19H26N4O4. The van der Waals surface area contributed by atoms with Gasteiger partial charge in [0.05, 0.1) is 0 Å². The number of hydrogen-bond donors (Lipinski definition) is 4. The molecule has 0 saturated carbocycles. The van der Waals surface area contributed by atoms with Crippen LogP contribution < -0.4 is 31.9 Å². The average molecular weight is 374 g/mol. The van der Waals surface area contributed by atoms with Crippen LogP contribution in [0.3, 0.4) is 0 Å². The van der Waals surface area contributed by atoms with Crippen molar-refractivity contribution in [3.8, 4) is 0 Å². The van der Waals surface area contributed by atoms with E-state index in [2.05, 4.69) is 10.6 Å². The highest BCUT2D eigenvalue weighted by Gasteiger charge is 2.22. The molecule has 0 heterocycles. The van der Waals surface area contributed by atoms with Crippen molar-refractivity contribution in [1.29, 1.82) is 0 Å². The van der Waals surface area contributed by atoms with E-state index in [1.807, 2.05) is 50.2 Å². The summed E-state index contributed by atoms with van der Waals surface area (Å²) in [7, 11) is 3.89. The molecule has 0 fully saturated rings. The molecule has 1 amide bonds. The Balaban J connectivity index is 1.93. The molecule has 0 aliphatic carbocycles. The lowest BCUT2D eigenvalue weighted by Crippen LogP contribution is -2.38. The largest absolute Gasteiger partial charge is 0.378 e. The van der Waals surface area contributed by atoms with Crippen LogP contribution in [0.15, 0.2) is 33.9 Å². The first kappa shape index (κ1) is 20.4. The highest BCUT2D eigenvalue weighted by molar-refractivity contribution is 5.79. The van der Waals surface area contributed by atoms with E-state index < -0.39 is 16.8 Å². The summed E-state index contributed by atoms with van der Waals surface area (Å²) in [5.74, 6) is -0.412. The van der Waals surface area contributed by atoms with Crippen LogP contribution in [0.5, 0.6) is 0 Å². The molecule has 2 aromatic rings. The minimum atomic E-state index is -0.527. The number of nitrogens with one attached hydrogen (secondary N) is 3. The first-order chi connectivity index (χ1) is 12.8. The Morgan fingerprint density at radius 2 is 1.70 bits per heavy atom. The van der Waals surface area contributed by atoms with E-state index in [0.717, 1.165) is 24.2 Å². The maximum absolute atomic E-state index is 11.9. The van der Waals surface area contributed by atoms with Gasteiger partial charge in [-0.1, -0.05) is 6.42 Å². The number of rotatable bonds is 10. The Labute approximate surface area is 157 Å². The highest BCUT2D eigenvalue weighted by atomic mass is 16.5. The molecule has 0 aromatic heterocycles. The monoisotopic (exact) mass is 374 g/mol. The van der Waals surface area contributed by atoms with E-state index in [-0.39, 0.29) is 18.2 Å². The number of benzene rings is 1. The molecular weight excluding hydrogens is 348 g/mol. The topological polar surface area (TPSA) is 111 Å².